The second-order valence-electron chi connectivity index (χ2n) is 10.3. The first-order valence-electron chi connectivity index (χ1n) is 12.3. The molecule has 0 unspecified atom stereocenters. The number of halogens is 2. The number of anilines is 1. The van der Waals surface area contributed by atoms with Gasteiger partial charge in [-0.25, -0.2) is 18.4 Å². The highest BCUT2D eigenvalue weighted by Gasteiger charge is 2.41. The molecule has 0 aliphatic carbocycles. The molecule has 2 aromatic heterocycles. The van der Waals surface area contributed by atoms with Crippen LogP contribution < -0.4 is 4.90 Å². The molecule has 4 rings (SSSR count). The van der Waals surface area contributed by atoms with E-state index in [1.54, 1.807) is 17.8 Å². The van der Waals surface area contributed by atoms with Gasteiger partial charge in [-0.15, -0.1) is 0 Å². The van der Waals surface area contributed by atoms with E-state index in [-0.39, 0.29) is 12.1 Å². The highest BCUT2D eigenvalue weighted by molar-refractivity contribution is 5.83. The van der Waals surface area contributed by atoms with Crippen LogP contribution in [-0.2, 0) is 12.1 Å². The molecule has 0 fully saturated rings. The summed E-state index contributed by atoms with van der Waals surface area (Å²) < 4.78 is 31.8. The van der Waals surface area contributed by atoms with Gasteiger partial charge in [-0.2, -0.15) is 10.2 Å². The van der Waals surface area contributed by atoms with Gasteiger partial charge < -0.3 is 10.0 Å². The molecule has 0 bridgehead atoms. The summed E-state index contributed by atoms with van der Waals surface area (Å²) in [4.78, 5) is 6.31. The molecule has 2 atom stereocenters. The van der Waals surface area contributed by atoms with Gasteiger partial charge >= 0.3 is 0 Å². The first kappa shape index (κ1) is 25.8. The van der Waals surface area contributed by atoms with Gasteiger partial charge in [-0.05, 0) is 43.0 Å². The maximum atomic E-state index is 15.0. The van der Waals surface area contributed by atoms with Crippen molar-refractivity contribution in [2.24, 2.45) is 11.8 Å². The summed E-state index contributed by atoms with van der Waals surface area (Å²) in [5.74, 6) is -0.517. The SMILES string of the molecule is CC(C)CN(CC(C)C)c1ccc2c(cnn2[C@H](C)[C@](O)(Cn2cncn2)c2ccc(F)cc2F)c1. The fourth-order valence-corrected chi connectivity index (χ4v) is 4.76. The van der Waals surface area contributed by atoms with Gasteiger partial charge in [0.1, 0.15) is 29.9 Å². The zero-order valence-electron chi connectivity index (χ0n) is 21.4. The van der Waals surface area contributed by atoms with Crippen molar-refractivity contribution in [3.63, 3.8) is 0 Å². The lowest BCUT2D eigenvalue weighted by atomic mass is 9.86. The van der Waals surface area contributed by atoms with Crippen LogP contribution in [0.2, 0.25) is 0 Å². The number of fused-ring (bicyclic) bond motifs is 1. The lowest BCUT2D eigenvalue weighted by Crippen LogP contribution is -2.41. The van der Waals surface area contributed by atoms with Crippen molar-refractivity contribution < 1.29 is 13.9 Å². The van der Waals surface area contributed by atoms with Gasteiger partial charge in [-0.3, -0.25) is 4.68 Å². The Morgan fingerprint density at radius 3 is 2.31 bits per heavy atom. The minimum atomic E-state index is -1.79. The van der Waals surface area contributed by atoms with E-state index in [0.717, 1.165) is 41.8 Å². The van der Waals surface area contributed by atoms with Crippen LogP contribution >= 0.6 is 0 Å². The number of benzene rings is 2. The summed E-state index contributed by atoms with van der Waals surface area (Å²) in [6, 6.07) is 8.63. The topological polar surface area (TPSA) is 72.0 Å². The molecule has 9 heteroatoms. The molecule has 4 aromatic rings. The summed E-state index contributed by atoms with van der Waals surface area (Å²) in [6.45, 7) is 12.4. The van der Waals surface area contributed by atoms with Crippen molar-refractivity contribution in [2.45, 2.75) is 52.8 Å². The molecule has 2 aromatic carbocycles. The van der Waals surface area contributed by atoms with Crippen LogP contribution in [0.25, 0.3) is 10.9 Å². The maximum Gasteiger partial charge on any atom is 0.137 e. The zero-order chi connectivity index (χ0) is 26.0. The first-order chi connectivity index (χ1) is 17.1. The van der Waals surface area contributed by atoms with Crippen LogP contribution in [0.4, 0.5) is 14.5 Å². The van der Waals surface area contributed by atoms with E-state index in [9.17, 15) is 13.9 Å². The lowest BCUT2D eigenvalue weighted by Gasteiger charge is -2.35. The molecule has 0 saturated carbocycles. The fourth-order valence-electron chi connectivity index (χ4n) is 4.76. The Morgan fingerprint density at radius 2 is 1.69 bits per heavy atom. The van der Waals surface area contributed by atoms with Crippen LogP contribution in [0, 0.1) is 23.5 Å². The van der Waals surface area contributed by atoms with E-state index in [0.29, 0.717) is 11.8 Å². The number of hydrogen-bond acceptors (Lipinski definition) is 5. The lowest BCUT2D eigenvalue weighted by molar-refractivity contribution is -0.0354. The molecule has 36 heavy (non-hydrogen) atoms. The van der Waals surface area contributed by atoms with Gasteiger partial charge in [0.25, 0.3) is 0 Å². The van der Waals surface area contributed by atoms with E-state index in [1.165, 1.54) is 23.4 Å². The van der Waals surface area contributed by atoms with E-state index >= 15 is 0 Å². The Bertz CT molecular complexity index is 1290. The van der Waals surface area contributed by atoms with Crippen LogP contribution in [0.1, 0.15) is 46.2 Å². The zero-order valence-corrected chi connectivity index (χ0v) is 21.4. The number of rotatable bonds is 10. The standard InChI is InChI=1S/C27H34F2N6O/c1-18(2)13-33(14-19(3)4)23-7-9-26-21(10-23)12-31-35(26)20(5)27(36,15-34-17-30-16-32-34)24-8-6-22(28)11-25(24)29/h6-12,16-20,36H,13-15H2,1-5H3/t20-,27-/m1/s1. The summed E-state index contributed by atoms with van der Waals surface area (Å²) in [5, 5.41) is 21.5. The van der Waals surface area contributed by atoms with E-state index in [4.69, 9.17) is 0 Å². The Hall–Kier alpha value is -3.33. The third-order valence-electron chi connectivity index (χ3n) is 6.44. The Kier molecular flexibility index (Phi) is 7.40. The summed E-state index contributed by atoms with van der Waals surface area (Å²) >= 11 is 0. The maximum absolute atomic E-state index is 15.0. The normalized spacial score (nSPS) is 14.5. The van der Waals surface area contributed by atoms with Crippen LogP contribution in [0.3, 0.4) is 0 Å². The van der Waals surface area contributed by atoms with Crippen molar-refractivity contribution in [3.05, 3.63) is 72.4 Å². The quantitative estimate of drug-likeness (QED) is 0.328. The highest BCUT2D eigenvalue weighted by Crippen LogP contribution is 2.38. The van der Waals surface area contributed by atoms with E-state index in [2.05, 4.69) is 59.9 Å². The molecule has 0 aliphatic heterocycles. The highest BCUT2D eigenvalue weighted by atomic mass is 19.1. The fraction of sp³-hybridized carbons (Fsp3) is 0.444. The molecule has 0 saturated heterocycles. The van der Waals surface area contributed by atoms with E-state index < -0.39 is 23.3 Å². The number of hydrogen-bond donors (Lipinski definition) is 1. The van der Waals surface area contributed by atoms with Crippen molar-refractivity contribution in [1.82, 2.24) is 24.5 Å². The van der Waals surface area contributed by atoms with Gasteiger partial charge in [0, 0.05) is 35.8 Å². The third-order valence-corrected chi connectivity index (χ3v) is 6.44. The van der Waals surface area contributed by atoms with Crippen LogP contribution in [0.5, 0.6) is 0 Å². The minimum Gasteiger partial charge on any atom is -0.381 e. The molecule has 0 amide bonds. The molecule has 0 spiro atoms. The van der Waals surface area contributed by atoms with Gasteiger partial charge in [0.15, 0.2) is 0 Å². The monoisotopic (exact) mass is 496 g/mol. The van der Waals surface area contributed by atoms with Crippen molar-refractivity contribution >= 4 is 16.6 Å². The predicted octanol–water partition coefficient (Wildman–Crippen LogP) is 5.17. The Morgan fingerprint density at radius 1 is 0.972 bits per heavy atom. The number of nitrogens with zero attached hydrogens (tertiary/aromatic N) is 6. The summed E-state index contributed by atoms with van der Waals surface area (Å²) in [6.07, 6.45) is 4.55. The molecular weight excluding hydrogens is 462 g/mol. The molecular formula is C27H34F2N6O. The second kappa shape index (κ2) is 10.3. The van der Waals surface area contributed by atoms with Crippen LogP contribution in [0.15, 0.2) is 55.2 Å². The molecule has 2 heterocycles. The van der Waals surface area contributed by atoms with Crippen molar-refractivity contribution in [1.29, 1.82) is 0 Å². The van der Waals surface area contributed by atoms with Gasteiger partial charge in [-0.1, -0.05) is 33.8 Å². The average molecular weight is 497 g/mol. The first-order valence-corrected chi connectivity index (χ1v) is 12.3. The summed E-state index contributed by atoms with van der Waals surface area (Å²) in [7, 11) is 0. The van der Waals surface area contributed by atoms with E-state index in [1.807, 2.05) is 6.07 Å². The van der Waals surface area contributed by atoms with Gasteiger partial charge in [0.2, 0.25) is 0 Å². The molecule has 1 N–H and O–H groups in total. The Balaban J connectivity index is 1.75. The average Bonchev–Trinajstić information content (AvgIpc) is 3.46. The minimum absolute atomic E-state index is 0.0350. The second-order valence-corrected chi connectivity index (χ2v) is 10.3. The molecule has 192 valence electrons. The molecule has 7 nitrogen and oxygen atoms in total. The number of aliphatic hydroxyl groups is 1. The smallest absolute Gasteiger partial charge is 0.137 e. The third kappa shape index (κ3) is 5.26. The van der Waals surface area contributed by atoms with Crippen molar-refractivity contribution in [2.75, 3.05) is 18.0 Å². The van der Waals surface area contributed by atoms with Gasteiger partial charge in [0.05, 0.1) is 24.3 Å². The van der Waals surface area contributed by atoms with Crippen LogP contribution in [-0.4, -0.2) is 42.7 Å². The molecule has 0 radical (unpaired) electrons. The Labute approximate surface area is 210 Å². The van der Waals surface area contributed by atoms with Crippen molar-refractivity contribution in [3.8, 4) is 0 Å². The summed E-state index contributed by atoms with van der Waals surface area (Å²) in [5.41, 5.74) is 0.0938. The largest absolute Gasteiger partial charge is 0.381 e. The number of aromatic nitrogens is 5. The molecule has 0 aliphatic rings. The predicted molar refractivity (Wildman–Crippen MR) is 137 cm³/mol.